The molecular formula is C15H12Br2F3N. The summed E-state index contributed by atoms with van der Waals surface area (Å²) in [7, 11) is 0. The van der Waals surface area contributed by atoms with Gasteiger partial charge in [-0.3, -0.25) is 0 Å². The van der Waals surface area contributed by atoms with E-state index in [9.17, 15) is 13.2 Å². The Hall–Kier alpha value is -0.850. The summed E-state index contributed by atoms with van der Waals surface area (Å²) in [6.45, 7) is 2.41. The van der Waals surface area contributed by atoms with E-state index in [1.54, 1.807) is 6.07 Å². The van der Waals surface area contributed by atoms with E-state index in [0.29, 0.717) is 16.6 Å². The van der Waals surface area contributed by atoms with Crippen LogP contribution in [0.5, 0.6) is 0 Å². The molecule has 2 aromatic rings. The highest BCUT2D eigenvalue weighted by Gasteiger charge is 2.21. The fraction of sp³-hybridized carbons (Fsp3) is 0.200. The van der Waals surface area contributed by atoms with Crippen LogP contribution in [-0.2, 0) is 0 Å². The number of halogens is 5. The van der Waals surface area contributed by atoms with Crippen molar-refractivity contribution in [2.75, 3.05) is 6.54 Å². The van der Waals surface area contributed by atoms with Gasteiger partial charge in [0.15, 0.2) is 0 Å². The van der Waals surface area contributed by atoms with Crippen molar-refractivity contribution in [1.29, 1.82) is 0 Å². The van der Waals surface area contributed by atoms with Crippen molar-refractivity contribution >= 4 is 31.9 Å². The first-order valence-corrected chi connectivity index (χ1v) is 7.85. The van der Waals surface area contributed by atoms with Crippen molar-refractivity contribution in [1.82, 2.24) is 5.32 Å². The monoisotopic (exact) mass is 421 g/mol. The first kappa shape index (κ1) is 16.5. The SMILES string of the molecule is CCNC(c1cc(F)c(Br)cc1F)c1ccc(F)cc1Br. The molecule has 0 spiro atoms. The molecule has 1 nitrogen and oxygen atoms in total. The molecular weight excluding hydrogens is 411 g/mol. The van der Waals surface area contributed by atoms with Gasteiger partial charge in [-0.1, -0.05) is 28.9 Å². The summed E-state index contributed by atoms with van der Waals surface area (Å²) in [5.41, 5.74) is 0.809. The molecule has 1 unspecified atom stereocenters. The Labute approximate surface area is 137 Å². The highest BCUT2D eigenvalue weighted by molar-refractivity contribution is 9.10. The van der Waals surface area contributed by atoms with Crippen LogP contribution in [0.2, 0.25) is 0 Å². The highest BCUT2D eigenvalue weighted by atomic mass is 79.9. The Bertz CT molecular complexity index is 662. The third-order valence-electron chi connectivity index (χ3n) is 3.03. The van der Waals surface area contributed by atoms with Crippen LogP contribution in [-0.4, -0.2) is 6.54 Å². The predicted octanol–water partition coefficient (Wildman–Crippen LogP) is 5.33. The van der Waals surface area contributed by atoms with Gasteiger partial charge in [0, 0.05) is 10.0 Å². The Kier molecular flexibility index (Phi) is 5.46. The lowest BCUT2D eigenvalue weighted by Crippen LogP contribution is -2.23. The first-order chi connectivity index (χ1) is 9.93. The number of hydrogen-bond acceptors (Lipinski definition) is 1. The average molecular weight is 423 g/mol. The predicted molar refractivity (Wildman–Crippen MR) is 83.7 cm³/mol. The van der Waals surface area contributed by atoms with Gasteiger partial charge in [0.1, 0.15) is 17.5 Å². The van der Waals surface area contributed by atoms with Gasteiger partial charge in [0.05, 0.1) is 10.5 Å². The fourth-order valence-corrected chi connectivity index (χ4v) is 2.98. The molecule has 0 bridgehead atoms. The van der Waals surface area contributed by atoms with E-state index in [4.69, 9.17) is 0 Å². The Morgan fingerprint density at radius 3 is 2.29 bits per heavy atom. The molecule has 0 saturated carbocycles. The molecule has 0 amide bonds. The summed E-state index contributed by atoms with van der Waals surface area (Å²) in [6.07, 6.45) is 0. The lowest BCUT2D eigenvalue weighted by Gasteiger charge is -2.21. The average Bonchev–Trinajstić information content (AvgIpc) is 2.41. The van der Waals surface area contributed by atoms with Gasteiger partial charge >= 0.3 is 0 Å². The van der Waals surface area contributed by atoms with Gasteiger partial charge in [0.2, 0.25) is 0 Å². The van der Waals surface area contributed by atoms with Crippen LogP contribution in [0.3, 0.4) is 0 Å². The second kappa shape index (κ2) is 6.94. The van der Waals surface area contributed by atoms with Crippen LogP contribution in [0.4, 0.5) is 13.2 Å². The molecule has 2 rings (SSSR count). The maximum Gasteiger partial charge on any atom is 0.137 e. The van der Waals surface area contributed by atoms with Crippen LogP contribution in [0.15, 0.2) is 39.3 Å². The zero-order chi connectivity index (χ0) is 15.6. The summed E-state index contributed by atoms with van der Waals surface area (Å²) in [6, 6.07) is 5.79. The van der Waals surface area contributed by atoms with Gasteiger partial charge in [0.25, 0.3) is 0 Å². The lowest BCUT2D eigenvalue weighted by atomic mass is 9.98. The third-order valence-corrected chi connectivity index (χ3v) is 4.33. The largest absolute Gasteiger partial charge is 0.306 e. The molecule has 2 aromatic carbocycles. The number of benzene rings is 2. The van der Waals surface area contributed by atoms with Crippen molar-refractivity contribution in [2.45, 2.75) is 13.0 Å². The molecule has 0 heterocycles. The Morgan fingerprint density at radius 2 is 1.67 bits per heavy atom. The molecule has 0 radical (unpaired) electrons. The summed E-state index contributed by atoms with van der Waals surface area (Å²) in [5, 5.41) is 3.09. The minimum absolute atomic E-state index is 0.0668. The second-order valence-corrected chi connectivity index (χ2v) is 6.15. The summed E-state index contributed by atoms with van der Waals surface area (Å²) < 4.78 is 41.7. The quantitative estimate of drug-likeness (QED) is 0.656. The van der Waals surface area contributed by atoms with E-state index >= 15 is 0 Å². The number of hydrogen-bond donors (Lipinski definition) is 1. The molecule has 112 valence electrons. The summed E-state index contributed by atoms with van der Waals surface area (Å²) in [5.74, 6) is -1.48. The number of nitrogens with one attached hydrogen (secondary N) is 1. The van der Waals surface area contributed by atoms with Crippen molar-refractivity contribution in [3.8, 4) is 0 Å². The van der Waals surface area contributed by atoms with E-state index < -0.39 is 23.5 Å². The van der Waals surface area contributed by atoms with E-state index in [2.05, 4.69) is 37.2 Å². The van der Waals surface area contributed by atoms with Gasteiger partial charge < -0.3 is 5.32 Å². The molecule has 0 aromatic heterocycles. The molecule has 1 atom stereocenters. The normalized spacial score (nSPS) is 12.5. The van der Waals surface area contributed by atoms with Crippen molar-refractivity contribution in [2.24, 2.45) is 0 Å². The van der Waals surface area contributed by atoms with Crippen LogP contribution in [0.1, 0.15) is 24.1 Å². The standard InChI is InChI=1S/C15H12Br2F3N/c1-2-21-15(9-4-3-8(18)5-11(9)16)10-6-14(20)12(17)7-13(10)19/h3-7,15,21H,2H2,1H3. The van der Waals surface area contributed by atoms with Crippen LogP contribution >= 0.6 is 31.9 Å². The van der Waals surface area contributed by atoms with Gasteiger partial charge in [-0.15, -0.1) is 0 Å². The van der Waals surface area contributed by atoms with Crippen molar-refractivity contribution in [3.05, 3.63) is 67.9 Å². The van der Waals surface area contributed by atoms with E-state index in [0.717, 1.165) is 12.1 Å². The fourth-order valence-electron chi connectivity index (χ4n) is 2.09. The lowest BCUT2D eigenvalue weighted by molar-refractivity contribution is 0.540. The van der Waals surface area contributed by atoms with Crippen molar-refractivity contribution in [3.63, 3.8) is 0 Å². The Balaban J connectivity index is 2.55. The summed E-state index contributed by atoms with van der Waals surface area (Å²) in [4.78, 5) is 0. The van der Waals surface area contributed by atoms with Gasteiger partial charge in [-0.25, -0.2) is 13.2 Å². The minimum Gasteiger partial charge on any atom is -0.306 e. The van der Waals surface area contributed by atoms with E-state index in [1.165, 1.54) is 12.1 Å². The maximum absolute atomic E-state index is 14.2. The van der Waals surface area contributed by atoms with Crippen LogP contribution < -0.4 is 5.32 Å². The minimum atomic E-state index is -0.576. The molecule has 0 aliphatic rings. The van der Waals surface area contributed by atoms with Crippen molar-refractivity contribution < 1.29 is 13.2 Å². The molecule has 0 fully saturated rings. The smallest absolute Gasteiger partial charge is 0.137 e. The highest BCUT2D eigenvalue weighted by Crippen LogP contribution is 2.32. The molecule has 0 aliphatic carbocycles. The molecule has 0 aliphatic heterocycles. The second-order valence-electron chi connectivity index (χ2n) is 4.44. The third kappa shape index (κ3) is 3.67. The van der Waals surface area contributed by atoms with Crippen LogP contribution in [0.25, 0.3) is 0 Å². The topological polar surface area (TPSA) is 12.0 Å². The molecule has 21 heavy (non-hydrogen) atoms. The first-order valence-electron chi connectivity index (χ1n) is 6.26. The van der Waals surface area contributed by atoms with Crippen LogP contribution in [0, 0.1) is 17.5 Å². The Morgan fingerprint density at radius 1 is 0.952 bits per heavy atom. The maximum atomic E-state index is 14.2. The number of rotatable bonds is 4. The molecule has 0 saturated heterocycles. The zero-order valence-corrected chi connectivity index (χ0v) is 14.2. The molecule has 6 heteroatoms. The zero-order valence-electron chi connectivity index (χ0n) is 11.1. The van der Waals surface area contributed by atoms with E-state index in [1.807, 2.05) is 6.92 Å². The molecule has 1 N–H and O–H groups in total. The van der Waals surface area contributed by atoms with Gasteiger partial charge in [-0.2, -0.15) is 0 Å². The summed E-state index contributed by atoms with van der Waals surface area (Å²) >= 11 is 6.22. The van der Waals surface area contributed by atoms with E-state index in [-0.39, 0.29) is 10.0 Å². The van der Waals surface area contributed by atoms with Gasteiger partial charge in [-0.05, 0) is 52.3 Å².